The van der Waals surface area contributed by atoms with E-state index in [1.54, 1.807) is 0 Å². The van der Waals surface area contributed by atoms with Crippen LogP contribution in [0.4, 0.5) is 0 Å². The number of halogens is 1. The molecular weight excluding hydrogens is 479 g/mol. The molecule has 0 radical (unpaired) electrons. The molecule has 1 aromatic carbocycles. The van der Waals surface area contributed by atoms with Gasteiger partial charge in [-0.2, -0.15) is 0 Å². The van der Waals surface area contributed by atoms with Gasteiger partial charge in [-0.1, -0.05) is 24.6 Å². The summed E-state index contributed by atoms with van der Waals surface area (Å²) in [5.41, 5.74) is 0.814. The Labute approximate surface area is 192 Å². The maximum Gasteiger partial charge on any atom is 0.223 e. The highest BCUT2D eigenvalue weighted by Gasteiger charge is 2.24. The van der Waals surface area contributed by atoms with Crippen LogP contribution in [-0.4, -0.2) is 37.1 Å². The lowest BCUT2D eigenvalue weighted by molar-refractivity contribution is -0.127. The van der Waals surface area contributed by atoms with E-state index in [1.807, 2.05) is 52.0 Å². The van der Waals surface area contributed by atoms with Crippen LogP contribution in [0.3, 0.4) is 0 Å². The molecule has 6 nitrogen and oxygen atoms in total. The number of rotatable bonds is 9. The summed E-state index contributed by atoms with van der Waals surface area (Å²) in [6.07, 6.45) is 4.14. The van der Waals surface area contributed by atoms with Crippen molar-refractivity contribution in [2.24, 2.45) is 10.9 Å². The van der Waals surface area contributed by atoms with Crippen LogP contribution in [0, 0.1) is 5.92 Å². The van der Waals surface area contributed by atoms with Crippen LogP contribution < -0.4 is 20.7 Å². The van der Waals surface area contributed by atoms with Crippen LogP contribution >= 0.6 is 24.0 Å². The third kappa shape index (κ3) is 9.69. The number of para-hydroxylation sites is 1. The minimum absolute atomic E-state index is 0. The normalized spacial score (nSPS) is 14.4. The first-order valence-corrected chi connectivity index (χ1v) is 10.5. The van der Waals surface area contributed by atoms with E-state index in [9.17, 15) is 4.79 Å². The molecule has 0 atom stereocenters. The number of aliphatic imine (C=N–C) groups is 1. The minimum atomic E-state index is -0.244. The zero-order chi connectivity index (χ0) is 20.4. The van der Waals surface area contributed by atoms with Crippen molar-refractivity contribution < 1.29 is 9.53 Å². The van der Waals surface area contributed by atoms with Gasteiger partial charge in [0.25, 0.3) is 0 Å². The van der Waals surface area contributed by atoms with E-state index in [0.717, 1.165) is 49.6 Å². The summed E-state index contributed by atoms with van der Waals surface area (Å²) in [4.78, 5) is 16.5. The van der Waals surface area contributed by atoms with Crippen molar-refractivity contribution in [3.8, 4) is 5.75 Å². The lowest BCUT2D eigenvalue weighted by Crippen LogP contribution is -2.39. The van der Waals surface area contributed by atoms with Crippen LogP contribution in [0.2, 0.25) is 0 Å². The fourth-order valence-corrected chi connectivity index (χ4v) is 2.89. The molecular formula is C22H37IN4O2. The van der Waals surface area contributed by atoms with Gasteiger partial charge in [-0.15, -0.1) is 24.0 Å². The van der Waals surface area contributed by atoms with Gasteiger partial charge >= 0.3 is 0 Å². The predicted octanol–water partition coefficient (Wildman–Crippen LogP) is 3.84. The molecule has 0 saturated heterocycles. The number of amides is 1. The molecule has 7 heteroatoms. The van der Waals surface area contributed by atoms with Gasteiger partial charge in [-0.25, -0.2) is 4.99 Å². The number of hydrogen-bond donors (Lipinski definition) is 3. The van der Waals surface area contributed by atoms with E-state index in [1.165, 1.54) is 6.42 Å². The number of nitrogens with one attached hydrogen (secondary N) is 3. The van der Waals surface area contributed by atoms with Crippen LogP contribution in [0.1, 0.15) is 58.9 Å². The maximum atomic E-state index is 11.8. The number of hydrogen-bond acceptors (Lipinski definition) is 3. The van der Waals surface area contributed by atoms with Crippen LogP contribution in [0.25, 0.3) is 0 Å². The Kier molecular flexibility index (Phi) is 11.4. The zero-order valence-corrected chi connectivity index (χ0v) is 20.5. The molecule has 164 valence electrons. The Bertz CT molecular complexity index is 654. The number of guanidine groups is 1. The first-order valence-electron chi connectivity index (χ1n) is 10.5. The second-order valence-electron chi connectivity index (χ2n) is 8.22. The summed E-state index contributed by atoms with van der Waals surface area (Å²) < 4.78 is 6.04. The number of carbonyl (C=O) groups is 1. The number of carbonyl (C=O) groups excluding carboxylic acids is 1. The largest absolute Gasteiger partial charge is 0.488 e. The fourth-order valence-electron chi connectivity index (χ4n) is 2.89. The second-order valence-corrected chi connectivity index (χ2v) is 8.22. The summed E-state index contributed by atoms with van der Waals surface area (Å²) in [5.74, 6) is 2.11. The van der Waals surface area contributed by atoms with Crippen molar-refractivity contribution in [1.82, 2.24) is 16.0 Å². The van der Waals surface area contributed by atoms with E-state index in [-0.39, 0.29) is 41.4 Å². The van der Waals surface area contributed by atoms with Crippen molar-refractivity contribution in [3.63, 3.8) is 0 Å². The number of benzene rings is 1. The Hall–Kier alpha value is -1.51. The summed E-state index contributed by atoms with van der Waals surface area (Å²) in [7, 11) is 0. The average molecular weight is 516 g/mol. The Morgan fingerprint density at radius 2 is 1.83 bits per heavy atom. The highest BCUT2D eigenvalue weighted by atomic mass is 127. The Balaban J connectivity index is 0.00000420. The first-order chi connectivity index (χ1) is 13.4. The van der Waals surface area contributed by atoms with Gasteiger partial charge in [0, 0.05) is 31.1 Å². The minimum Gasteiger partial charge on any atom is -0.488 e. The molecule has 1 amide bonds. The predicted molar refractivity (Wildman–Crippen MR) is 130 cm³/mol. The highest BCUT2D eigenvalue weighted by Crippen LogP contribution is 2.26. The molecule has 1 saturated carbocycles. The van der Waals surface area contributed by atoms with Gasteiger partial charge in [0.15, 0.2) is 5.96 Å². The molecule has 29 heavy (non-hydrogen) atoms. The smallest absolute Gasteiger partial charge is 0.223 e. The molecule has 0 aliphatic heterocycles. The topological polar surface area (TPSA) is 74.8 Å². The number of nitrogens with zero attached hydrogens (tertiary/aromatic N) is 1. The van der Waals surface area contributed by atoms with E-state index in [0.29, 0.717) is 13.1 Å². The lowest BCUT2D eigenvalue weighted by Gasteiger charge is -2.24. The molecule has 1 aromatic rings. The van der Waals surface area contributed by atoms with Crippen molar-refractivity contribution in [2.75, 3.05) is 19.6 Å². The Morgan fingerprint density at radius 1 is 1.14 bits per heavy atom. The van der Waals surface area contributed by atoms with Crippen LogP contribution in [0.15, 0.2) is 29.3 Å². The van der Waals surface area contributed by atoms with Crippen LogP contribution in [-0.2, 0) is 11.3 Å². The molecule has 3 N–H and O–H groups in total. The average Bonchev–Trinajstić information content (AvgIpc) is 2.57. The second kappa shape index (κ2) is 12.9. The summed E-state index contributed by atoms with van der Waals surface area (Å²) in [6.45, 7) is 11.0. The van der Waals surface area contributed by atoms with E-state index in [4.69, 9.17) is 4.74 Å². The van der Waals surface area contributed by atoms with E-state index < -0.39 is 0 Å². The standard InChI is InChI=1S/C22H36N4O2.HI/c1-5-23-21(25-15-9-14-24-20(27)17-11-8-12-17)26-16-18-10-6-7-13-19(18)28-22(2,3)4;/h6-7,10,13,17H,5,8-9,11-12,14-16H2,1-4H3,(H,24,27)(H2,23,25,26);1H. The van der Waals surface area contributed by atoms with Crippen LogP contribution in [0.5, 0.6) is 5.75 Å². The van der Waals surface area contributed by atoms with E-state index in [2.05, 4.69) is 20.9 Å². The van der Waals surface area contributed by atoms with Gasteiger partial charge in [0.2, 0.25) is 5.91 Å². The van der Waals surface area contributed by atoms with Gasteiger partial charge in [-0.3, -0.25) is 4.79 Å². The first kappa shape index (κ1) is 25.5. The van der Waals surface area contributed by atoms with Crippen molar-refractivity contribution in [1.29, 1.82) is 0 Å². The van der Waals surface area contributed by atoms with Gasteiger partial charge < -0.3 is 20.7 Å². The molecule has 0 bridgehead atoms. The molecule has 0 heterocycles. The molecule has 1 aliphatic carbocycles. The third-order valence-corrected chi connectivity index (χ3v) is 4.56. The Morgan fingerprint density at radius 3 is 2.45 bits per heavy atom. The number of ether oxygens (including phenoxy) is 1. The van der Waals surface area contributed by atoms with Gasteiger partial charge in [0.1, 0.15) is 11.4 Å². The third-order valence-electron chi connectivity index (χ3n) is 4.56. The summed E-state index contributed by atoms with van der Waals surface area (Å²) >= 11 is 0. The highest BCUT2D eigenvalue weighted by molar-refractivity contribution is 14.0. The monoisotopic (exact) mass is 516 g/mol. The molecule has 0 unspecified atom stereocenters. The van der Waals surface area contributed by atoms with Gasteiger partial charge in [-0.05, 0) is 53.0 Å². The van der Waals surface area contributed by atoms with Crippen molar-refractivity contribution in [2.45, 2.75) is 65.5 Å². The quantitative estimate of drug-likeness (QED) is 0.202. The molecule has 0 aromatic heterocycles. The van der Waals surface area contributed by atoms with Crippen molar-refractivity contribution >= 4 is 35.8 Å². The molecule has 1 fully saturated rings. The molecule has 1 aliphatic rings. The van der Waals surface area contributed by atoms with Gasteiger partial charge in [0.05, 0.1) is 6.54 Å². The SMILES string of the molecule is CCNC(=NCc1ccccc1OC(C)(C)C)NCCCNC(=O)C1CCC1.I. The summed E-state index contributed by atoms with van der Waals surface area (Å²) in [5, 5.41) is 9.63. The molecule has 0 spiro atoms. The van der Waals surface area contributed by atoms with Crippen molar-refractivity contribution in [3.05, 3.63) is 29.8 Å². The lowest BCUT2D eigenvalue weighted by atomic mass is 9.85. The van der Waals surface area contributed by atoms with E-state index >= 15 is 0 Å². The molecule has 2 rings (SSSR count). The summed E-state index contributed by atoms with van der Waals surface area (Å²) in [6, 6.07) is 8.02. The zero-order valence-electron chi connectivity index (χ0n) is 18.2. The fraction of sp³-hybridized carbons (Fsp3) is 0.636. The maximum absolute atomic E-state index is 11.8.